The van der Waals surface area contributed by atoms with Crippen molar-refractivity contribution >= 4 is 22.5 Å². The highest BCUT2D eigenvalue weighted by Gasteiger charge is 2.23. The average molecular weight is 398 g/mol. The summed E-state index contributed by atoms with van der Waals surface area (Å²) in [5.74, 6) is 0.266. The number of aryl methyl sites for hydroxylation is 1. The Morgan fingerprint density at radius 3 is 2.47 bits per heavy atom. The standard InChI is InChI=1S/C25H22N2O3/c1-17-9-3-7-13-22(17)27(25(29)20-11-5-8-14-23(20)30-2)16-19-15-18-10-4-6-12-21(18)26-24(19)28/h3-15H,16H2,1-2H3,(H,26,28). The minimum atomic E-state index is -0.227. The van der Waals surface area contributed by atoms with E-state index >= 15 is 0 Å². The Bertz CT molecular complexity index is 1280. The molecule has 5 heteroatoms. The van der Waals surface area contributed by atoms with E-state index < -0.39 is 0 Å². The molecular weight excluding hydrogens is 376 g/mol. The molecule has 3 aromatic carbocycles. The number of benzene rings is 3. The Hall–Kier alpha value is -3.86. The predicted molar refractivity (Wildman–Crippen MR) is 119 cm³/mol. The second-order valence-electron chi connectivity index (χ2n) is 7.09. The van der Waals surface area contributed by atoms with Crippen molar-refractivity contribution in [1.82, 2.24) is 4.98 Å². The minimum absolute atomic E-state index is 0.141. The molecule has 4 rings (SSSR count). The highest BCUT2D eigenvalue weighted by Crippen LogP contribution is 2.27. The number of ether oxygens (including phenoxy) is 1. The van der Waals surface area contributed by atoms with Gasteiger partial charge in [0, 0.05) is 16.8 Å². The maximum absolute atomic E-state index is 13.6. The number of methoxy groups -OCH3 is 1. The van der Waals surface area contributed by atoms with Gasteiger partial charge in [-0.05, 0) is 48.2 Å². The number of para-hydroxylation sites is 3. The third-order valence-corrected chi connectivity index (χ3v) is 5.15. The number of fused-ring (bicyclic) bond motifs is 1. The van der Waals surface area contributed by atoms with Gasteiger partial charge in [-0.2, -0.15) is 0 Å². The van der Waals surface area contributed by atoms with E-state index in [1.54, 1.807) is 23.1 Å². The van der Waals surface area contributed by atoms with Crippen LogP contribution in [0.15, 0.2) is 83.7 Å². The van der Waals surface area contributed by atoms with Gasteiger partial charge in [0.1, 0.15) is 5.75 Å². The van der Waals surface area contributed by atoms with Crippen molar-refractivity contribution in [2.45, 2.75) is 13.5 Å². The number of anilines is 1. The molecule has 5 nitrogen and oxygen atoms in total. The van der Waals surface area contributed by atoms with Crippen LogP contribution in [0.3, 0.4) is 0 Å². The number of nitrogens with one attached hydrogen (secondary N) is 1. The van der Waals surface area contributed by atoms with E-state index in [9.17, 15) is 9.59 Å². The van der Waals surface area contributed by atoms with Gasteiger partial charge in [-0.15, -0.1) is 0 Å². The number of hydrogen-bond donors (Lipinski definition) is 1. The van der Waals surface area contributed by atoms with E-state index in [1.807, 2.05) is 67.6 Å². The second-order valence-corrected chi connectivity index (χ2v) is 7.09. The molecule has 0 radical (unpaired) electrons. The Labute approximate surface area is 174 Å². The fourth-order valence-electron chi connectivity index (χ4n) is 3.58. The molecule has 0 aliphatic rings. The number of carbonyl (C=O) groups is 1. The zero-order chi connectivity index (χ0) is 21.1. The molecule has 1 N–H and O–H groups in total. The Balaban J connectivity index is 1.83. The van der Waals surface area contributed by atoms with Crippen LogP contribution in [-0.2, 0) is 6.54 Å². The first kappa shape index (κ1) is 19.5. The minimum Gasteiger partial charge on any atom is -0.496 e. The van der Waals surface area contributed by atoms with E-state index in [1.165, 1.54) is 7.11 Å². The van der Waals surface area contributed by atoms with Crippen LogP contribution in [0, 0.1) is 6.92 Å². The van der Waals surface area contributed by atoms with Gasteiger partial charge in [-0.1, -0.05) is 48.5 Å². The van der Waals surface area contributed by atoms with Crippen LogP contribution in [-0.4, -0.2) is 18.0 Å². The van der Waals surface area contributed by atoms with Crippen molar-refractivity contribution in [2.75, 3.05) is 12.0 Å². The number of aromatic nitrogens is 1. The molecule has 0 aliphatic carbocycles. The zero-order valence-electron chi connectivity index (χ0n) is 16.9. The van der Waals surface area contributed by atoms with Gasteiger partial charge in [0.2, 0.25) is 0 Å². The van der Waals surface area contributed by atoms with E-state index in [4.69, 9.17) is 4.74 Å². The summed E-state index contributed by atoms with van der Waals surface area (Å²) in [5.41, 5.74) is 3.21. The Morgan fingerprint density at radius 2 is 1.67 bits per heavy atom. The molecule has 0 saturated heterocycles. The van der Waals surface area contributed by atoms with Gasteiger partial charge in [0.15, 0.2) is 0 Å². The second kappa shape index (κ2) is 8.25. The van der Waals surface area contributed by atoms with Crippen LogP contribution in [0.4, 0.5) is 5.69 Å². The van der Waals surface area contributed by atoms with Crippen molar-refractivity contribution in [1.29, 1.82) is 0 Å². The monoisotopic (exact) mass is 398 g/mol. The lowest BCUT2D eigenvalue weighted by atomic mass is 10.1. The molecule has 1 aromatic heterocycles. The normalized spacial score (nSPS) is 10.7. The molecule has 0 bridgehead atoms. The highest BCUT2D eigenvalue weighted by molar-refractivity contribution is 6.08. The third kappa shape index (κ3) is 3.70. The summed E-state index contributed by atoms with van der Waals surface area (Å²) in [6.45, 7) is 2.09. The third-order valence-electron chi connectivity index (χ3n) is 5.15. The van der Waals surface area contributed by atoms with Gasteiger partial charge in [-0.3, -0.25) is 9.59 Å². The number of nitrogens with zero attached hydrogens (tertiary/aromatic N) is 1. The molecule has 4 aromatic rings. The van der Waals surface area contributed by atoms with Crippen molar-refractivity contribution < 1.29 is 9.53 Å². The molecule has 0 atom stereocenters. The summed E-state index contributed by atoms with van der Waals surface area (Å²) >= 11 is 0. The number of hydrogen-bond acceptors (Lipinski definition) is 3. The van der Waals surface area contributed by atoms with Gasteiger partial charge >= 0.3 is 0 Å². The first-order chi connectivity index (χ1) is 14.6. The number of amides is 1. The van der Waals surface area contributed by atoms with Crippen molar-refractivity contribution in [2.24, 2.45) is 0 Å². The fraction of sp³-hybridized carbons (Fsp3) is 0.120. The van der Waals surface area contributed by atoms with Gasteiger partial charge in [0.25, 0.3) is 11.5 Å². The van der Waals surface area contributed by atoms with Crippen LogP contribution in [0.5, 0.6) is 5.75 Å². The lowest BCUT2D eigenvalue weighted by molar-refractivity contribution is 0.0982. The number of pyridine rings is 1. The van der Waals surface area contributed by atoms with Crippen LogP contribution < -0.4 is 15.2 Å². The number of carbonyl (C=O) groups excluding carboxylic acids is 1. The smallest absolute Gasteiger partial charge is 0.262 e. The molecule has 150 valence electrons. The Morgan fingerprint density at radius 1 is 0.967 bits per heavy atom. The first-order valence-corrected chi connectivity index (χ1v) is 9.70. The molecule has 0 aliphatic heterocycles. The van der Waals surface area contributed by atoms with Crippen molar-refractivity contribution in [3.63, 3.8) is 0 Å². The molecule has 1 heterocycles. The summed E-state index contributed by atoms with van der Waals surface area (Å²) in [7, 11) is 1.54. The fourth-order valence-corrected chi connectivity index (χ4v) is 3.58. The maximum atomic E-state index is 13.6. The summed E-state index contributed by atoms with van der Waals surface area (Å²) in [6, 6.07) is 24.2. The van der Waals surface area contributed by atoms with E-state index in [0.29, 0.717) is 16.9 Å². The molecular formula is C25H22N2O3. The summed E-state index contributed by atoms with van der Waals surface area (Å²) < 4.78 is 5.40. The summed E-state index contributed by atoms with van der Waals surface area (Å²) in [6.07, 6.45) is 0. The van der Waals surface area contributed by atoms with Crippen LogP contribution in [0.2, 0.25) is 0 Å². The molecule has 30 heavy (non-hydrogen) atoms. The quantitative estimate of drug-likeness (QED) is 0.530. The molecule has 1 amide bonds. The lowest BCUT2D eigenvalue weighted by Gasteiger charge is -2.25. The maximum Gasteiger partial charge on any atom is 0.262 e. The van der Waals surface area contributed by atoms with Crippen LogP contribution in [0.1, 0.15) is 21.5 Å². The number of rotatable bonds is 5. The Kier molecular flexibility index (Phi) is 5.35. The van der Waals surface area contributed by atoms with Crippen molar-refractivity contribution in [3.05, 3.63) is 106 Å². The van der Waals surface area contributed by atoms with E-state index in [2.05, 4.69) is 4.98 Å². The summed E-state index contributed by atoms with van der Waals surface area (Å²) in [4.78, 5) is 30.9. The van der Waals surface area contributed by atoms with E-state index in [0.717, 1.165) is 22.2 Å². The zero-order valence-corrected chi connectivity index (χ0v) is 16.9. The summed E-state index contributed by atoms with van der Waals surface area (Å²) in [5, 5.41) is 0.918. The van der Waals surface area contributed by atoms with Gasteiger partial charge in [0.05, 0.1) is 19.2 Å². The number of aromatic amines is 1. The van der Waals surface area contributed by atoms with Crippen LogP contribution >= 0.6 is 0 Å². The number of H-pyrrole nitrogens is 1. The topological polar surface area (TPSA) is 62.4 Å². The molecule has 0 fully saturated rings. The molecule has 0 spiro atoms. The van der Waals surface area contributed by atoms with Crippen LogP contribution in [0.25, 0.3) is 10.9 Å². The highest BCUT2D eigenvalue weighted by atomic mass is 16.5. The van der Waals surface area contributed by atoms with E-state index in [-0.39, 0.29) is 18.0 Å². The SMILES string of the molecule is COc1ccccc1C(=O)N(Cc1cc2ccccc2[nH]c1=O)c1ccccc1C. The van der Waals surface area contributed by atoms with Gasteiger partial charge < -0.3 is 14.6 Å². The molecule has 0 unspecified atom stereocenters. The first-order valence-electron chi connectivity index (χ1n) is 9.70. The molecule has 0 saturated carbocycles. The average Bonchev–Trinajstić information content (AvgIpc) is 2.77. The lowest BCUT2D eigenvalue weighted by Crippen LogP contribution is -2.33. The van der Waals surface area contributed by atoms with Crippen molar-refractivity contribution in [3.8, 4) is 5.75 Å². The van der Waals surface area contributed by atoms with Gasteiger partial charge in [-0.25, -0.2) is 0 Å². The largest absolute Gasteiger partial charge is 0.496 e. The predicted octanol–water partition coefficient (Wildman–Crippen LogP) is 4.69.